The van der Waals surface area contributed by atoms with Gasteiger partial charge in [0.2, 0.25) is 0 Å². The van der Waals surface area contributed by atoms with Crippen molar-refractivity contribution in [1.29, 1.82) is 0 Å². The van der Waals surface area contributed by atoms with Crippen molar-refractivity contribution in [2.24, 2.45) is 7.05 Å². The number of aromatic nitrogens is 2. The molecular weight excluding hydrogens is 413 g/mol. The maximum Gasteiger partial charge on any atom is 0.289 e. The highest BCUT2D eigenvalue weighted by atomic mass is 35.5. The first-order valence-electron chi connectivity index (χ1n) is 7.93. The van der Waals surface area contributed by atoms with Crippen molar-refractivity contribution in [3.8, 4) is 5.75 Å². The summed E-state index contributed by atoms with van der Waals surface area (Å²) >= 11 is 18.0. The first kappa shape index (κ1) is 19.6. The van der Waals surface area contributed by atoms with Gasteiger partial charge in [0.05, 0.1) is 22.3 Å². The lowest BCUT2D eigenvalue weighted by molar-refractivity contribution is 0.0747. The molecule has 142 valence electrons. The standard InChI is InChI=1S/C18H16Cl3N3O3/c1-23(9-12-5-6-24(2)22-12)18(25)16-4-3-13(27-16)10-26-17-14(20)7-11(19)8-15(17)21/h3-8H,9-10H2,1-2H3. The van der Waals surface area contributed by atoms with E-state index in [1.165, 1.54) is 17.0 Å². The van der Waals surface area contributed by atoms with Gasteiger partial charge in [-0.3, -0.25) is 9.48 Å². The van der Waals surface area contributed by atoms with E-state index in [1.54, 1.807) is 23.9 Å². The zero-order valence-corrected chi connectivity index (χ0v) is 16.8. The fourth-order valence-corrected chi connectivity index (χ4v) is 3.36. The Hall–Kier alpha value is -2.15. The molecule has 0 unspecified atom stereocenters. The van der Waals surface area contributed by atoms with Crippen LogP contribution in [0, 0.1) is 0 Å². The molecule has 6 nitrogen and oxygen atoms in total. The average molecular weight is 429 g/mol. The van der Waals surface area contributed by atoms with Crippen molar-refractivity contribution in [1.82, 2.24) is 14.7 Å². The van der Waals surface area contributed by atoms with Gasteiger partial charge in [0.15, 0.2) is 11.5 Å². The molecule has 0 bridgehead atoms. The number of furan rings is 1. The van der Waals surface area contributed by atoms with E-state index in [9.17, 15) is 4.79 Å². The number of aryl methyl sites for hydroxylation is 1. The molecule has 0 saturated carbocycles. The molecule has 1 amide bonds. The maximum absolute atomic E-state index is 12.5. The second-order valence-electron chi connectivity index (χ2n) is 5.90. The predicted octanol–water partition coefficient (Wildman–Crippen LogP) is 4.82. The van der Waals surface area contributed by atoms with Gasteiger partial charge in [0.1, 0.15) is 12.4 Å². The third-order valence-electron chi connectivity index (χ3n) is 3.71. The third-order valence-corrected chi connectivity index (χ3v) is 4.49. The lowest BCUT2D eigenvalue weighted by Crippen LogP contribution is -2.26. The largest absolute Gasteiger partial charge is 0.483 e. The van der Waals surface area contributed by atoms with E-state index in [0.717, 1.165) is 5.69 Å². The molecule has 0 aliphatic carbocycles. The van der Waals surface area contributed by atoms with Crippen molar-refractivity contribution in [2.45, 2.75) is 13.2 Å². The number of carbonyl (C=O) groups is 1. The van der Waals surface area contributed by atoms with E-state index in [4.69, 9.17) is 44.0 Å². The van der Waals surface area contributed by atoms with Gasteiger partial charge in [0.25, 0.3) is 5.91 Å². The van der Waals surface area contributed by atoms with E-state index in [-0.39, 0.29) is 18.3 Å². The Kier molecular flexibility index (Phi) is 5.99. The monoisotopic (exact) mass is 427 g/mol. The summed E-state index contributed by atoms with van der Waals surface area (Å²) in [5.41, 5.74) is 0.787. The van der Waals surface area contributed by atoms with Crippen LogP contribution in [-0.2, 0) is 20.2 Å². The van der Waals surface area contributed by atoms with Crippen LogP contribution in [0.4, 0.5) is 0 Å². The maximum atomic E-state index is 12.5. The number of nitrogens with zero attached hydrogens (tertiary/aromatic N) is 3. The van der Waals surface area contributed by atoms with Crippen molar-refractivity contribution in [3.63, 3.8) is 0 Å². The van der Waals surface area contributed by atoms with Gasteiger partial charge in [-0.2, -0.15) is 5.10 Å². The van der Waals surface area contributed by atoms with E-state index in [2.05, 4.69) is 5.10 Å². The molecule has 0 N–H and O–H groups in total. The van der Waals surface area contributed by atoms with Gasteiger partial charge in [-0.1, -0.05) is 34.8 Å². The highest BCUT2D eigenvalue weighted by Gasteiger charge is 2.18. The number of carbonyl (C=O) groups excluding carboxylic acids is 1. The molecule has 9 heteroatoms. The number of hydrogen-bond donors (Lipinski definition) is 0. The van der Waals surface area contributed by atoms with E-state index in [1.807, 2.05) is 19.3 Å². The number of halogens is 3. The zero-order valence-electron chi connectivity index (χ0n) is 14.6. The predicted molar refractivity (Wildman–Crippen MR) is 104 cm³/mol. The smallest absolute Gasteiger partial charge is 0.289 e. The second kappa shape index (κ2) is 8.25. The number of amides is 1. The molecule has 0 spiro atoms. The Labute approximate surface area is 171 Å². The molecule has 0 atom stereocenters. The zero-order chi connectivity index (χ0) is 19.6. The fraction of sp³-hybridized carbons (Fsp3) is 0.222. The number of benzene rings is 1. The number of hydrogen-bond acceptors (Lipinski definition) is 4. The van der Waals surface area contributed by atoms with Crippen molar-refractivity contribution >= 4 is 40.7 Å². The van der Waals surface area contributed by atoms with E-state index in [0.29, 0.717) is 33.1 Å². The minimum atomic E-state index is -0.255. The van der Waals surface area contributed by atoms with Crippen molar-refractivity contribution in [2.75, 3.05) is 7.05 Å². The van der Waals surface area contributed by atoms with Crippen LogP contribution in [0.1, 0.15) is 22.0 Å². The van der Waals surface area contributed by atoms with Crippen LogP contribution in [-0.4, -0.2) is 27.6 Å². The van der Waals surface area contributed by atoms with Gasteiger partial charge < -0.3 is 14.1 Å². The Morgan fingerprint density at radius 3 is 2.56 bits per heavy atom. The van der Waals surface area contributed by atoms with Crippen LogP contribution in [0.2, 0.25) is 15.1 Å². The summed E-state index contributed by atoms with van der Waals surface area (Å²) in [6.07, 6.45) is 1.82. The highest BCUT2D eigenvalue weighted by molar-refractivity contribution is 6.40. The summed E-state index contributed by atoms with van der Waals surface area (Å²) in [4.78, 5) is 14.0. The molecule has 0 radical (unpaired) electrons. The Bertz CT molecular complexity index is 945. The summed E-state index contributed by atoms with van der Waals surface area (Å²) < 4.78 is 12.9. The van der Waals surface area contributed by atoms with Gasteiger partial charge in [0, 0.05) is 25.3 Å². The van der Waals surface area contributed by atoms with Crippen LogP contribution >= 0.6 is 34.8 Å². The Morgan fingerprint density at radius 2 is 1.93 bits per heavy atom. The quantitative estimate of drug-likeness (QED) is 0.564. The van der Waals surface area contributed by atoms with Crippen LogP contribution in [0.5, 0.6) is 5.75 Å². The minimum Gasteiger partial charge on any atom is -0.483 e. The second-order valence-corrected chi connectivity index (χ2v) is 7.15. The molecule has 0 fully saturated rings. The normalized spacial score (nSPS) is 10.9. The lowest BCUT2D eigenvalue weighted by Gasteiger charge is -2.14. The van der Waals surface area contributed by atoms with E-state index < -0.39 is 0 Å². The van der Waals surface area contributed by atoms with Crippen molar-refractivity contribution < 1.29 is 13.9 Å². The van der Waals surface area contributed by atoms with Crippen LogP contribution in [0.3, 0.4) is 0 Å². The molecule has 3 rings (SSSR count). The molecule has 3 aromatic rings. The fourth-order valence-electron chi connectivity index (χ4n) is 2.43. The number of ether oxygens (including phenoxy) is 1. The first-order valence-corrected chi connectivity index (χ1v) is 9.07. The molecule has 0 aliphatic rings. The molecule has 0 aliphatic heterocycles. The minimum absolute atomic E-state index is 0.0678. The van der Waals surface area contributed by atoms with E-state index >= 15 is 0 Å². The summed E-state index contributed by atoms with van der Waals surface area (Å²) in [5.74, 6) is 0.723. The lowest BCUT2D eigenvalue weighted by atomic mass is 10.3. The summed E-state index contributed by atoms with van der Waals surface area (Å²) in [7, 11) is 3.51. The average Bonchev–Trinajstić information content (AvgIpc) is 3.22. The number of rotatable bonds is 6. The van der Waals surface area contributed by atoms with Crippen LogP contribution in [0.25, 0.3) is 0 Å². The molecule has 2 aromatic heterocycles. The van der Waals surface area contributed by atoms with Crippen LogP contribution < -0.4 is 4.74 Å². The molecule has 2 heterocycles. The Balaban J connectivity index is 1.63. The van der Waals surface area contributed by atoms with Crippen molar-refractivity contribution in [3.05, 3.63) is 68.8 Å². The summed E-state index contributed by atoms with van der Waals surface area (Å²) in [5, 5.41) is 5.26. The van der Waals surface area contributed by atoms with Gasteiger partial charge in [-0.25, -0.2) is 0 Å². The molecular formula is C18H16Cl3N3O3. The van der Waals surface area contributed by atoms with Gasteiger partial charge in [-0.15, -0.1) is 0 Å². The van der Waals surface area contributed by atoms with Gasteiger partial charge >= 0.3 is 0 Å². The SMILES string of the molecule is CN(Cc1ccn(C)n1)C(=O)c1ccc(COc2c(Cl)cc(Cl)cc2Cl)o1. The Morgan fingerprint density at radius 1 is 1.22 bits per heavy atom. The highest BCUT2D eigenvalue weighted by Crippen LogP contribution is 2.36. The third kappa shape index (κ3) is 4.77. The van der Waals surface area contributed by atoms with Crippen LogP contribution in [0.15, 0.2) is 40.9 Å². The van der Waals surface area contributed by atoms with Gasteiger partial charge in [-0.05, 0) is 30.3 Å². The summed E-state index contributed by atoms with van der Waals surface area (Å²) in [6.45, 7) is 0.445. The molecule has 0 saturated heterocycles. The topological polar surface area (TPSA) is 60.5 Å². The first-order chi connectivity index (χ1) is 12.8. The summed E-state index contributed by atoms with van der Waals surface area (Å²) in [6, 6.07) is 8.19. The molecule has 1 aromatic carbocycles. The molecule has 27 heavy (non-hydrogen) atoms.